The zero-order valence-corrected chi connectivity index (χ0v) is 5.97. The molecule has 0 bridgehead atoms. The van der Waals surface area contributed by atoms with Crippen LogP contribution in [0.5, 0.6) is 0 Å². The molecule has 0 saturated heterocycles. The van der Waals surface area contributed by atoms with E-state index in [2.05, 4.69) is 4.98 Å². The van der Waals surface area contributed by atoms with E-state index in [0.29, 0.717) is 5.94 Å². The second-order valence-corrected chi connectivity index (χ2v) is 2.37. The Morgan fingerprint density at radius 3 is 3.22 bits per heavy atom. The van der Waals surface area contributed by atoms with Gasteiger partial charge in [-0.3, -0.25) is 3.97 Å². The lowest BCUT2D eigenvalue weighted by Crippen LogP contribution is -1.86. The Morgan fingerprint density at radius 1 is 1.78 bits per heavy atom. The molecule has 0 aromatic carbocycles. The minimum absolute atomic E-state index is 0.663. The van der Waals surface area contributed by atoms with Crippen LogP contribution in [-0.4, -0.2) is 22.0 Å². The molecular weight excluding hydrogens is 136 g/mol. The number of rotatable bonds is 3. The van der Waals surface area contributed by atoms with Crippen LogP contribution >= 0.6 is 11.9 Å². The normalized spacial score (nSPS) is 9.89. The van der Waals surface area contributed by atoms with Crippen molar-refractivity contribution in [2.45, 2.75) is 0 Å². The molecule has 0 amide bonds. The van der Waals surface area contributed by atoms with Gasteiger partial charge >= 0.3 is 0 Å². The summed E-state index contributed by atoms with van der Waals surface area (Å²) in [7, 11) is 1.67. The highest BCUT2D eigenvalue weighted by molar-refractivity contribution is 7.97. The predicted octanol–water partition coefficient (Wildman–Crippen LogP) is 0.983. The molecule has 0 aliphatic carbocycles. The molecule has 1 aromatic rings. The lowest BCUT2D eigenvalue weighted by Gasteiger charge is -1.96. The van der Waals surface area contributed by atoms with E-state index in [1.807, 2.05) is 10.2 Å². The maximum atomic E-state index is 4.83. The smallest absolute Gasteiger partial charge is 0.112 e. The van der Waals surface area contributed by atoms with Crippen molar-refractivity contribution >= 4 is 11.9 Å². The van der Waals surface area contributed by atoms with Gasteiger partial charge in [-0.25, -0.2) is 4.98 Å². The van der Waals surface area contributed by atoms with E-state index in [9.17, 15) is 0 Å². The fourth-order valence-electron chi connectivity index (χ4n) is 0.437. The van der Waals surface area contributed by atoms with Gasteiger partial charge in [-0.05, 0) is 11.9 Å². The fraction of sp³-hybridized carbons (Fsp3) is 0.400. The number of hydrogen-bond donors (Lipinski definition) is 0. The molecular formula is C5H8N2OS. The lowest BCUT2D eigenvalue weighted by molar-refractivity contribution is 0.258. The van der Waals surface area contributed by atoms with E-state index in [1.165, 1.54) is 0 Å². The number of ether oxygens (including phenoxy) is 1. The second-order valence-electron chi connectivity index (χ2n) is 1.46. The van der Waals surface area contributed by atoms with E-state index < -0.39 is 0 Å². The summed E-state index contributed by atoms with van der Waals surface area (Å²) in [6.45, 7) is 0. The van der Waals surface area contributed by atoms with Crippen LogP contribution in [0.4, 0.5) is 0 Å². The molecule has 0 unspecified atom stereocenters. The van der Waals surface area contributed by atoms with Crippen LogP contribution in [0.2, 0.25) is 0 Å². The van der Waals surface area contributed by atoms with E-state index in [0.717, 1.165) is 0 Å². The van der Waals surface area contributed by atoms with Crippen molar-refractivity contribution in [3.05, 3.63) is 18.7 Å². The highest BCUT2D eigenvalue weighted by Gasteiger charge is 1.86. The minimum atomic E-state index is 0.663. The first kappa shape index (κ1) is 6.64. The zero-order valence-electron chi connectivity index (χ0n) is 5.15. The summed E-state index contributed by atoms with van der Waals surface area (Å²) in [5, 5.41) is 0. The summed E-state index contributed by atoms with van der Waals surface area (Å²) < 4.78 is 6.72. The molecule has 0 radical (unpaired) electrons. The molecule has 0 aliphatic heterocycles. The van der Waals surface area contributed by atoms with Gasteiger partial charge in [-0.2, -0.15) is 0 Å². The standard InChI is InChI=1S/C5H8N2OS/c1-8-5-9-7-3-2-6-4-7/h2-4H,5H2,1H3. The van der Waals surface area contributed by atoms with Gasteiger partial charge in [-0.1, -0.05) is 0 Å². The van der Waals surface area contributed by atoms with E-state index in [-0.39, 0.29) is 0 Å². The van der Waals surface area contributed by atoms with E-state index >= 15 is 0 Å². The molecule has 0 saturated carbocycles. The van der Waals surface area contributed by atoms with Gasteiger partial charge in [0.15, 0.2) is 0 Å². The highest BCUT2D eigenvalue weighted by Crippen LogP contribution is 2.02. The molecule has 4 heteroatoms. The molecule has 50 valence electrons. The maximum Gasteiger partial charge on any atom is 0.112 e. The van der Waals surface area contributed by atoms with Crippen LogP contribution < -0.4 is 0 Å². The monoisotopic (exact) mass is 144 g/mol. The van der Waals surface area contributed by atoms with Crippen molar-refractivity contribution in [2.24, 2.45) is 0 Å². The quantitative estimate of drug-likeness (QED) is 0.592. The number of imidazole rings is 1. The number of aromatic nitrogens is 2. The van der Waals surface area contributed by atoms with Gasteiger partial charge in [0.05, 0.1) is 0 Å². The Labute approximate surface area is 58.2 Å². The number of hydrogen-bond acceptors (Lipinski definition) is 3. The third-order valence-electron chi connectivity index (χ3n) is 0.800. The highest BCUT2D eigenvalue weighted by atomic mass is 32.2. The molecule has 1 heterocycles. The molecule has 1 aromatic heterocycles. The van der Waals surface area contributed by atoms with Gasteiger partial charge in [0.25, 0.3) is 0 Å². The van der Waals surface area contributed by atoms with Crippen LogP contribution in [0.3, 0.4) is 0 Å². The SMILES string of the molecule is COCSn1ccnc1. The Hall–Kier alpha value is -0.480. The Morgan fingerprint density at radius 2 is 2.67 bits per heavy atom. The van der Waals surface area contributed by atoms with Crippen LogP contribution in [0, 0.1) is 0 Å². The zero-order chi connectivity index (χ0) is 6.53. The average Bonchev–Trinajstić information content (AvgIpc) is 2.34. The average molecular weight is 144 g/mol. The number of nitrogens with zero attached hydrogens (tertiary/aromatic N) is 2. The summed E-state index contributed by atoms with van der Waals surface area (Å²) in [6, 6.07) is 0. The van der Waals surface area contributed by atoms with E-state index in [1.54, 1.807) is 31.6 Å². The second kappa shape index (κ2) is 3.53. The van der Waals surface area contributed by atoms with Crippen LogP contribution in [0.25, 0.3) is 0 Å². The third kappa shape index (κ3) is 2.07. The molecule has 0 N–H and O–H groups in total. The minimum Gasteiger partial charge on any atom is -0.372 e. The van der Waals surface area contributed by atoms with Crippen molar-refractivity contribution in [3.63, 3.8) is 0 Å². The molecule has 0 fully saturated rings. The lowest BCUT2D eigenvalue weighted by atomic mass is 11.0. The number of methoxy groups -OCH3 is 1. The van der Waals surface area contributed by atoms with Crippen LogP contribution in [-0.2, 0) is 4.74 Å². The summed E-state index contributed by atoms with van der Waals surface area (Å²) in [5.74, 6) is 0.663. The predicted molar refractivity (Wildman–Crippen MR) is 37.1 cm³/mol. The van der Waals surface area contributed by atoms with Crippen molar-refractivity contribution in [3.8, 4) is 0 Å². The molecule has 9 heavy (non-hydrogen) atoms. The summed E-state index contributed by atoms with van der Waals surface area (Å²) in [5.41, 5.74) is 0. The Balaban J connectivity index is 2.30. The van der Waals surface area contributed by atoms with Gasteiger partial charge in [0.2, 0.25) is 0 Å². The molecule has 3 nitrogen and oxygen atoms in total. The van der Waals surface area contributed by atoms with Crippen LogP contribution in [0.1, 0.15) is 0 Å². The van der Waals surface area contributed by atoms with E-state index in [4.69, 9.17) is 4.74 Å². The molecule has 1 rings (SSSR count). The van der Waals surface area contributed by atoms with Gasteiger partial charge in [0, 0.05) is 19.5 Å². The summed E-state index contributed by atoms with van der Waals surface area (Å²) >= 11 is 1.56. The topological polar surface area (TPSA) is 27.1 Å². The van der Waals surface area contributed by atoms with Crippen LogP contribution in [0.15, 0.2) is 18.7 Å². The Bertz CT molecular complexity index is 152. The first-order valence-corrected chi connectivity index (χ1v) is 3.48. The van der Waals surface area contributed by atoms with Gasteiger partial charge in [0.1, 0.15) is 12.3 Å². The Kier molecular flexibility index (Phi) is 2.60. The summed E-state index contributed by atoms with van der Waals surface area (Å²) in [6.07, 6.45) is 5.36. The molecule has 0 aliphatic rings. The molecule has 0 spiro atoms. The van der Waals surface area contributed by atoms with Gasteiger partial charge in [-0.15, -0.1) is 0 Å². The summed E-state index contributed by atoms with van der Waals surface area (Å²) in [4.78, 5) is 3.86. The maximum absolute atomic E-state index is 4.83. The molecule has 0 atom stereocenters. The van der Waals surface area contributed by atoms with Crippen molar-refractivity contribution in [1.82, 2.24) is 8.96 Å². The largest absolute Gasteiger partial charge is 0.372 e. The fourth-order valence-corrected chi connectivity index (χ4v) is 0.926. The van der Waals surface area contributed by atoms with Gasteiger partial charge < -0.3 is 4.74 Å². The van der Waals surface area contributed by atoms with Crippen molar-refractivity contribution < 1.29 is 4.74 Å². The first-order valence-electron chi connectivity index (χ1n) is 2.53. The third-order valence-corrected chi connectivity index (χ3v) is 1.66. The first-order chi connectivity index (χ1) is 4.43. The van der Waals surface area contributed by atoms with Crippen molar-refractivity contribution in [1.29, 1.82) is 0 Å². The van der Waals surface area contributed by atoms with Crippen molar-refractivity contribution in [2.75, 3.05) is 13.0 Å².